The fourth-order valence-electron chi connectivity index (χ4n) is 3.20. The Labute approximate surface area is 146 Å². The number of hydrogen-bond donors (Lipinski definition) is 2. The number of nitrogens with zero attached hydrogens (tertiary/aromatic N) is 1. The third-order valence-corrected chi connectivity index (χ3v) is 4.43. The van der Waals surface area contributed by atoms with Crippen molar-refractivity contribution in [2.75, 3.05) is 5.32 Å². The molecular formula is C21H18N2O2. The first-order chi connectivity index (χ1) is 12.2. The summed E-state index contributed by atoms with van der Waals surface area (Å²) in [4.78, 5) is 12.8. The number of carbonyl (C=O) groups excluding carboxylic acids is 1. The van der Waals surface area contributed by atoms with Crippen LogP contribution in [0.25, 0.3) is 11.1 Å². The van der Waals surface area contributed by atoms with Gasteiger partial charge < -0.3 is 10.5 Å². The topological polar surface area (TPSA) is 52.6 Å². The average molecular weight is 330 g/mol. The van der Waals surface area contributed by atoms with E-state index < -0.39 is 0 Å². The maximum absolute atomic E-state index is 12.8. The van der Waals surface area contributed by atoms with Crippen molar-refractivity contribution >= 4 is 11.6 Å². The number of benzene rings is 3. The van der Waals surface area contributed by atoms with Gasteiger partial charge in [-0.2, -0.15) is 5.06 Å². The quantitative estimate of drug-likeness (QED) is 0.752. The predicted molar refractivity (Wildman–Crippen MR) is 97.3 cm³/mol. The van der Waals surface area contributed by atoms with Crippen molar-refractivity contribution in [3.8, 4) is 11.1 Å². The average Bonchev–Trinajstić information content (AvgIpc) is 3.02. The van der Waals surface area contributed by atoms with Gasteiger partial charge in [-0.05, 0) is 40.5 Å². The Balaban J connectivity index is 1.62. The van der Waals surface area contributed by atoms with Gasteiger partial charge in [0.25, 0.3) is 5.91 Å². The van der Waals surface area contributed by atoms with Crippen molar-refractivity contribution in [3.05, 3.63) is 89.5 Å². The highest BCUT2D eigenvalue weighted by molar-refractivity contribution is 6.08. The van der Waals surface area contributed by atoms with Crippen LogP contribution >= 0.6 is 0 Å². The first kappa shape index (κ1) is 15.6. The number of nitrogens with one attached hydrogen (secondary N) is 1. The molecule has 0 bridgehead atoms. The molecule has 0 spiro atoms. The molecule has 0 saturated heterocycles. The molecule has 4 rings (SSSR count). The zero-order chi connectivity index (χ0) is 17.2. The number of amides is 1. The van der Waals surface area contributed by atoms with E-state index in [9.17, 15) is 10.0 Å². The second-order valence-electron chi connectivity index (χ2n) is 6.17. The van der Waals surface area contributed by atoms with Gasteiger partial charge in [-0.25, -0.2) is 0 Å². The molecule has 0 saturated carbocycles. The zero-order valence-corrected chi connectivity index (χ0v) is 13.6. The summed E-state index contributed by atoms with van der Waals surface area (Å²) in [6.07, 6.45) is 0. The second-order valence-corrected chi connectivity index (χ2v) is 6.17. The van der Waals surface area contributed by atoms with Crippen LogP contribution in [-0.2, 0) is 13.1 Å². The Kier molecular flexibility index (Phi) is 4.06. The molecule has 3 aromatic rings. The summed E-state index contributed by atoms with van der Waals surface area (Å²) in [5.74, 6) is -0.141. The summed E-state index contributed by atoms with van der Waals surface area (Å²) >= 11 is 0. The minimum atomic E-state index is -0.141. The summed E-state index contributed by atoms with van der Waals surface area (Å²) < 4.78 is 0. The Hall–Kier alpha value is -2.95. The van der Waals surface area contributed by atoms with Crippen molar-refractivity contribution in [2.45, 2.75) is 13.1 Å². The molecule has 1 amide bonds. The predicted octanol–water partition coefficient (Wildman–Crippen LogP) is 4.31. The van der Waals surface area contributed by atoms with Crippen molar-refractivity contribution in [3.63, 3.8) is 0 Å². The molecule has 124 valence electrons. The van der Waals surface area contributed by atoms with Crippen LogP contribution < -0.4 is 5.32 Å². The van der Waals surface area contributed by atoms with Crippen LogP contribution in [0, 0.1) is 0 Å². The van der Waals surface area contributed by atoms with Gasteiger partial charge in [0.15, 0.2) is 0 Å². The van der Waals surface area contributed by atoms with Crippen LogP contribution in [0.15, 0.2) is 72.8 Å². The number of rotatable bonds is 3. The molecule has 4 nitrogen and oxygen atoms in total. The van der Waals surface area contributed by atoms with Crippen LogP contribution in [0.4, 0.5) is 5.69 Å². The molecule has 0 aromatic heterocycles. The largest absolute Gasteiger partial charge is 0.322 e. The highest BCUT2D eigenvalue weighted by Gasteiger charge is 2.18. The number of fused-ring (bicyclic) bond motifs is 1. The maximum Gasteiger partial charge on any atom is 0.256 e. The zero-order valence-electron chi connectivity index (χ0n) is 13.6. The van der Waals surface area contributed by atoms with Gasteiger partial charge >= 0.3 is 0 Å². The third kappa shape index (κ3) is 3.18. The molecule has 0 radical (unpaired) electrons. The highest BCUT2D eigenvalue weighted by atomic mass is 16.5. The highest BCUT2D eigenvalue weighted by Crippen LogP contribution is 2.27. The van der Waals surface area contributed by atoms with Gasteiger partial charge in [0, 0.05) is 24.3 Å². The van der Waals surface area contributed by atoms with E-state index in [1.54, 1.807) is 0 Å². The Morgan fingerprint density at radius 3 is 2.44 bits per heavy atom. The summed E-state index contributed by atoms with van der Waals surface area (Å²) in [6, 6.07) is 23.2. The monoisotopic (exact) mass is 330 g/mol. The smallest absolute Gasteiger partial charge is 0.256 e. The fraction of sp³-hybridized carbons (Fsp3) is 0.0952. The molecule has 0 aliphatic carbocycles. The molecule has 3 aromatic carbocycles. The van der Waals surface area contributed by atoms with Crippen LogP contribution in [0.5, 0.6) is 0 Å². The first-order valence-electron chi connectivity index (χ1n) is 8.22. The molecule has 1 aliphatic heterocycles. The number of anilines is 1. The van der Waals surface area contributed by atoms with E-state index >= 15 is 0 Å². The molecule has 0 fully saturated rings. The Morgan fingerprint density at radius 1 is 0.880 bits per heavy atom. The van der Waals surface area contributed by atoms with Gasteiger partial charge in [0.05, 0.1) is 0 Å². The summed E-state index contributed by atoms with van der Waals surface area (Å²) in [5.41, 5.74) is 5.42. The lowest BCUT2D eigenvalue weighted by Gasteiger charge is -2.11. The van der Waals surface area contributed by atoms with Crippen LogP contribution in [0.2, 0.25) is 0 Å². The second kappa shape index (κ2) is 6.51. The lowest BCUT2D eigenvalue weighted by Crippen LogP contribution is -2.13. The maximum atomic E-state index is 12.8. The van der Waals surface area contributed by atoms with Gasteiger partial charge in [0.1, 0.15) is 0 Å². The summed E-state index contributed by atoms with van der Waals surface area (Å²) in [5, 5.41) is 13.8. The van der Waals surface area contributed by atoms with E-state index in [0.717, 1.165) is 27.9 Å². The van der Waals surface area contributed by atoms with E-state index in [-0.39, 0.29) is 5.91 Å². The third-order valence-electron chi connectivity index (χ3n) is 4.43. The lowest BCUT2D eigenvalue weighted by molar-refractivity contribution is -0.0969. The van der Waals surface area contributed by atoms with E-state index in [2.05, 4.69) is 5.32 Å². The van der Waals surface area contributed by atoms with E-state index in [0.29, 0.717) is 18.7 Å². The van der Waals surface area contributed by atoms with Crippen molar-refractivity contribution in [2.24, 2.45) is 0 Å². The Morgan fingerprint density at radius 2 is 1.60 bits per heavy atom. The van der Waals surface area contributed by atoms with Gasteiger partial charge in [-0.15, -0.1) is 0 Å². The SMILES string of the molecule is O=C(Nc1ccc2c(c1)CN(O)C2)c1ccccc1-c1ccccc1. The van der Waals surface area contributed by atoms with Crippen LogP contribution in [-0.4, -0.2) is 16.2 Å². The lowest BCUT2D eigenvalue weighted by atomic mass is 9.99. The minimum Gasteiger partial charge on any atom is -0.322 e. The van der Waals surface area contributed by atoms with Crippen molar-refractivity contribution in [1.82, 2.24) is 5.06 Å². The molecule has 1 aliphatic rings. The van der Waals surface area contributed by atoms with Gasteiger partial charge in [0.2, 0.25) is 0 Å². The van der Waals surface area contributed by atoms with Crippen LogP contribution in [0.1, 0.15) is 21.5 Å². The van der Waals surface area contributed by atoms with E-state index in [4.69, 9.17) is 0 Å². The molecule has 0 unspecified atom stereocenters. The number of carbonyl (C=O) groups is 1. The van der Waals surface area contributed by atoms with Gasteiger partial charge in [-0.3, -0.25) is 4.79 Å². The summed E-state index contributed by atoms with van der Waals surface area (Å²) in [7, 11) is 0. The minimum absolute atomic E-state index is 0.141. The fourth-order valence-corrected chi connectivity index (χ4v) is 3.20. The first-order valence-corrected chi connectivity index (χ1v) is 8.22. The van der Waals surface area contributed by atoms with E-state index in [1.807, 2.05) is 72.8 Å². The molecule has 25 heavy (non-hydrogen) atoms. The number of hydroxylamine groups is 2. The molecule has 4 heteroatoms. The van der Waals surface area contributed by atoms with Crippen molar-refractivity contribution in [1.29, 1.82) is 0 Å². The van der Waals surface area contributed by atoms with E-state index in [1.165, 1.54) is 5.06 Å². The van der Waals surface area contributed by atoms with Gasteiger partial charge in [-0.1, -0.05) is 54.6 Å². The van der Waals surface area contributed by atoms with Crippen LogP contribution in [0.3, 0.4) is 0 Å². The van der Waals surface area contributed by atoms with Crippen molar-refractivity contribution < 1.29 is 10.0 Å². The number of hydrogen-bond acceptors (Lipinski definition) is 3. The normalized spacial score (nSPS) is 13.5. The summed E-state index contributed by atoms with van der Waals surface area (Å²) in [6.45, 7) is 1.01. The molecule has 0 atom stereocenters. The standard InChI is InChI=1S/C21H18N2O2/c24-21(22-18-11-10-16-13-23(25)14-17(16)12-18)20-9-5-4-8-19(20)15-6-2-1-3-7-15/h1-12,25H,13-14H2,(H,22,24). The Bertz CT molecular complexity index is 922. The molecule has 2 N–H and O–H groups in total. The molecular weight excluding hydrogens is 312 g/mol. The molecule has 1 heterocycles.